The molecule has 0 bridgehead atoms. The van der Waals surface area contributed by atoms with Crippen molar-refractivity contribution in [3.05, 3.63) is 30.1 Å². The van der Waals surface area contributed by atoms with Crippen LogP contribution >= 0.6 is 0 Å². The Morgan fingerprint density at radius 2 is 2.38 bits per heavy atom. The van der Waals surface area contributed by atoms with Crippen molar-refractivity contribution in [3.8, 4) is 12.1 Å². The van der Waals surface area contributed by atoms with Crippen molar-refractivity contribution >= 4 is 0 Å². The Morgan fingerprint density at radius 1 is 1.62 bits per heavy atom. The van der Waals surface area contributed by atoms with Crippen molar-refractivity contribution in [2.75, 3.05) is 0 Å². The number of hydrogen-bond acceptors (Lipinski definition) is 5. The lowest BCUT2D eigenvalue weighted by Gasteiger charge is -1.93. The van der Waals surface area contributed by atoms with Gasteiger partial charge in [-0.25, -0.2) is 4.98 Å². The van der Waals surface area contributed by atoms with E-state index in [-0.39, 0.29) is 5.57 Å². The molecule has 1 heterocycles. The Hall–Kier alpha value is -2.27. The van der Waals surface area contributed by atoms with Gasteiger partial charge in [-0.1, -0.05) is 0 Å². The molecule has 0 spiro atoms. The Morgan fingerprint density at radius 3 is 2.92 bits per heavy atom. The summed E-state index contributed by atoms with van der Waals surface area (Å²) in [4.78, 5) is 3.84. The van der Waals surface area contributed by atoms with Gasteiger partial charge in [-0.05, 0) is 0 Å². The van der Waals surface area contributed by atoms with Crippen LogP contribution in [0.25, 0.3) is 0 Å². The molecule has 13 heavy (non-hydrogen) atoms. The maximum atomic E-state index is 8.37. The fourth-order valence-corrected chi connectivity index (χ4v) is 0.672. The molecule has 0 atom stereocenters. The van der Waals surface area contributed by atoms with Gasteiger partial charge in [0.2, 0.25) is 0 Å². The number of allylic oxidation sites excluding steroid dienone is 1. The topological polar surface area (TPSA) is 85.6 Å². The van der Waals surface area contributed by atoms with Gasteiger partial charge in [0.05, 0.1) is 12.2 Å². The number of rotatable bonds is 3. The Kier molecular flexibility index (Phi) is 3.11. The summed E-state index contributed by atoms with van der Waals surface area (Å²) in [5.74, 6) is 0. The molecule has 0 saturated heterocycles. The molecule has 0 saturated carbocycles. The third-order valence-corrected chi connectivity index (χ3v) is 1.25. The summed E-state index contributed by atoms with van der Waals surface area (Å²) >= 11 is 0. The van der Waals surface area contributed by atoms with E-state index in [1.165, 1.54) is 18.9 Å². The number of nitriles is 2. The fourth-order valence-electron chi connectivity index (χ4n) is 0.672. The van der Waals surface area contributed by atoms with Crippen LogP contribution in [-0.4, -0.2) is 4.98 Å². The molecular weight excluding hydrogens is 168 g/mol. The molecule has 1 rings (SSSR count). The predicted octanol–water partition coefficient (Wildman–Crippen LogP) is 0.695. The smallest absolute Gasteiger partial charge is 0.180 e. The van der Waals surface area contributed by atoms with E-state index in [2.05, 4.69) is 10.3 Å². The van der Waals surface area contributed by atoms with Crippen LogP contribution in [0.2, 0.25) is 0 Å². The fraction of sp³-hybridized carbons (Fsp3) is 0.125. The standard InChI is InChI=1S/C8H6N4O/c9-1-7(2-10)3-11-4-8-5-13-6-12-8/h3,5-6,11H,4H2. The summed E-state index contributed by atoms with van der Waals surface area (Å²) < 4.78 is 4.72. The molecule has 0 unspecified atom stereocenters. The van der Waals surface area contributed by atoms with Gasteiger partial charge in [-0.15, -0.1) is 0 Å². The molecule has 5 nitrogen and oxygen atoms in total. The number of aromatic nitrogens is 1. The average molecular weight is 174 g/mol. The number of nitrogens with one attached hydrogen (secondary N) is 1. The molecule has 0 radical (unpaired) electrons. The first-order valence-electron chi connectivity index (χ1n) is 3.47. The number of nitrogens with zero attached hydrogens (tertiary/aromatic N) is 3. The van der Waals surface area contributed by atoms with Gasteiger partial charge in [-0.2, -0.15) is 10.5 Å². The van der Waals surface area contributed by atoms with Gasteiger partial charge in [0.25, 0.3) is 0 Å². The van der Waals surface area contributed by atoms with Crippen molar-refractivity contribution in [1.29, 1.82) is 10.5 Å². The third-order valence-electron chi connectivity index (χ3n) is 1.25. The van der Waals surface area contributed by atoms with E-state index < -0.39 is 0 Å². The SMILES string of the molecule is N#CC(C#N)=CNCc1cocn1. The third kappa shape index (κ3) is 2.68. The maximum Gasteiger partial charge on any atom is 0.180 e. The van der Waals surface area contributed by atoms with Gasteiger partial charge in [-0.3, -0.25) is 0 Å². The molecule has 1 aromatic heterocycles. The molecule has 1 N–H and O–H groups in total. The highest BCUT2D eigenvalue weighted by Crippen LogP contribution is 1.93. The molecule has 0 fully saturated rings. The zero-order valence-electron chi connectivity index (χ0n) is 6.69. The molecular formula is C8H6N4O. The highest BCUT2D eigenvalue weighted by molar-refractivity contribution is 5.34. The van der Waals surface area contributed by atoms with Crippen LogP contribution in [0.1, 0.15) is 5.69 Å². The monoisotopic (exact) mass is 174 g/mol. The van der Waals surface area contributed by atoms with Crippen molar-refractivity contribution in [2.24, 2.45) is 0 Å². The van der Waals surface area contributed by atoms with Crippen molar-refractivity contribution in [1.82, 2.24) is 10.3 Å². The molecule has 64 valence electrons. The van der Waals surface area contributed by atoms with Gasteiger partial charge in [0, 0.05) is 6.20 Å². The van der Waals surface area contributed by atoms with E-state index >= 15 is 0 Å². The van der Waals surface area contributed by atoms with Gasteiger partial charge in [0.15, 0.2) is 6.39 Å². The summed E-state index contributed by atoms with van der Waals surface area (Å²) in [6.07, 6.45) is 4.14. The quantitative estimate of drug-likeness (QED) is 0.681. The van der Waals surface area contributed by atoms with Crippen LogP contribution < -0.4 is 5.32 Å². The first-order valence-corrected chi connectivity index (χ1v) is 3.47. The lowest BCUT2D eigenvalue weighted by atomic mass is 10.3. The van der Waals surface area contributed by atoms with Crippen LogP contribution in [0, 0.1) is 22.7 Å². The van der Waals surface area contributed by atoms with E-state index in [4.69, 9.17) is 14.9 Å². The van der Waals surface area contributed by atoms with Crippen LogP contribution in [0.15, 0.2) is 28.8 Å². The number of hydrogen-bond donors (Lipinski definition) is 1. The van der Waals surface area contributed by atoms with E-state index in [0.29, 0.717) is 12.2 Å². The summed E-state index contributed by atoms with van der Waals surface area (Å²) in [7, 11) is 0. The van der Waals surface area contributed by atoms with Crippen molar-refractivity contribution in [2.45, 2.75) is 6.54 Å². The first kappa shape index (κ1) is 8.82. The number of oxazole rings is 1. The molecule has 0 aliphatic carbocycles. The first-order chi connectivity index (χ1) is 6.36. The Balaban J connectivity index is 2.42. The maximum absolute atomic E-state index is 8.37. The van der Waals surface area contributed by atoms with E-state index in [9.17, 15) is 0 Å². The minimum Gasteiger partial charge on any atom is -0.451 e. The van der Waals surface area contributed by atoms with Gasteiger partial charge >= 0.3 is 0 Å². The van der Waals surface area contributed by atoms with Crippen LogP contribution in [0.4, 0.5) is 0 Å². The minimum absolute atomic E-state index is 0.0310. The minimum atomic E-state index is 0.0310. The lowest BCUT2D eigenvalue weighted by Crippen LogP contribution is -2.05. The molecule has 1 aromatic rings. The van der Waals surface area contributed by atoms with Crippen LogP contribution in [0.3, 0.4) is 0 Å². The van der Waals surface area contributed by atoms with Crippen LogP contribution in [0.5, 0.6) is 0 Å². The van der Waals surface area contributed by atoms with E-state index in [0.717, 1.165) is 0 Å². The molecule has 0 amide bonds. The zero-order chi connectivity index (χ0) is 9.52. The second kappa shape index (κ2) is 4.58. The normalized spacial score (nSPS) is 8.15. The molecule has 0 aliphatic heterocycles. The summed E-state index contributed by atoms with van der Waals surface area (Å²) in [5, 5.41) is 19.5. The summed E-state index contributed by atoms with van der Waals surface area (Å²) in [5.41, 5.74) is 0.745. The van der Waals surface area contributed by atoms with E-state index in [1.54, 1.807) is 12.1 Å². The Labute approximate surface area is 74.9 Å². The predicted molar refractivity (Wildman–Crippen MR) is 42.7 cm³/mol. The lowest BCUT2D eigenvalue weighted by molar-refractivity contribution is 0.556. The summed E-state index contributed by atoms with van der Waals surface area (Å²) in [6, 6.07) is 3.45. The van der Waals surface area contributed by atoms with Crippen molar-refractivity contribution < 1.29 is 4.42 Å². The molecule has 5 heteroatoms. The largest absolute Gasteiger partial charge is 0.451 e. The molecule has 0 aliphatic rings. The summed E-state index contributed by atoms with van der Waals surface area (Å²) in [6.45, 7) is 0.434. The van der Waals surface area contributed by atoms with Crippen LogP contribution in [-0.2, 0) is 6.54 Å². The molecule has 0 aromatic carbocycles. The van der Waals surface area contributed by atoms with Gasteiger partial charge < -0.3 is 9.73 Å². The Bertz CT molecular complexity index is 350. The highest BCUT2D eigenvalue weighted by Gasteiger charge is 1.93. The average Bonchev–Trinajstić information content (AvgIpc) is 2.65. The second-order valence-corrected chi connectivity index (χ2v) is 2.14. The van der Waals surface area contributed by atoms with E-state index in [1.807, 2.05) is 0 Å². The van der Waals surface area contributed by atoms with Crippen molar-refractivity contribution in [3.63, 3.8) is 0 Å². The highest BCUT2D eigenvalue weighted by atomic mass is 16.3. The van der Waals surface area contributed by atoms with Gasteiger partial charge in [0.1, 0.15) is 24.0 Å². The zero-order valence-corrected chi connectivity index (χ0v) is 6.69. The second-order valence-electron chi connectivity index (χ2n) is 2.14.